The summed E-state index contributed by atoms with van der Waals surface area (Å²) in [6.45, 7) is 3.56. The minimum Gasteiger partial charge on any atom is -0.468 e. The number of hydrogen-bond acceptors (Lipinski definition) is 5. The van der Waals surface area contributed by atoms with Gasteiger partial charge in [0.25, 0.3) is 0 Å². The second-order valence-corrected chi connectivity index (χ2v) is 6.14. The number of carbonyl (C=O) groups is 1. The molecule has 1 saturated heterocycles. The van der Waals surface area contributed by atoms with Crippen molar-refractivity contribution < 1.29 is 27.8 Å². The summed E-state index contributed by atoms with van der Waals surface area (Å²) in [6.07, 6.45) is -0.367. The second-order valence-electron chi connectivity index (χ2n) is 4.86. The zero-order chi connectivity index (χ0) is 12.8. The Kier molecular flexibility index (Phi) is 3.05. The molecule has 0 aromatic carbocycles. The molecule has 6 nitrogen and oxygen atoms in total. The molecule has 0 radical (unpaired) electrons. The first-order valence-corrected chi connectivity index (χ1v) is 6.46. The van der Waals surface area contributed by atoms with Crippen LogP contribution >= 0.6 is 0 Å². The lowest BCUT2D eigenvalue weighted by molar-refractivity contribution is -0.160. The van der Waals surface area contributed by atoms with E-state index in [0.717, 1.165) is 0 Å². The quantitative estimate of drug-likeness (QED) is 0.575. The van der Waals surface area contributed by atoms with Gasteiger partial charge in [0.15, 0.2) is 21.6 Å². The molecule has 0 aromatic heterocycles. The SMILES string of the molecule is COC(=O)C1(S(=O)O)CC2OC(C)(C)OC2C1. The van der Waals surface area contributed by atoms with Crippen molar-refractivity contribution in [1.29, 1.82) is 0 Å². The number of methoxy groups -OCH3 is 1. The third-order valence-corrected chi connectivity index (χ3v) is 4.41. The molecule has 1 N–H and O–H groups in total. The zero-order valence-corrected chi connectivity index (χ0v) is 10.8. The van der Waals surface area contributed by atoms with E-state index < -0.39 is 27.6 Å². The molecular formula is C10H16O6S. The van der Waals surface area contributed by atoms with Crippen LogP contribution in [0.3, 0.4) is 0 Å². The lowest BCUT2D eigenvalue weighted by Crippen LogP contribution is -2.43. The van der Waals surface area contributed by atoms with Gasteiger partial charge in [0.2, 0.25) is 0 Å². The van der Waals surface area contributed by atoms with Gasteiger partial charge in [-0.2, -0.15) is 0 Å². The van der Waals surface area contributed by atoms with Crippen LogP contribution in [-0.4, -0.2) is 44.6 Å². The minimum atomic E-state index is -2.30. The maximum atomic E-state index is 11.7. The van der Waals surface area contributed by atoms with E-state index in [-0.39, 0.29) is 25.0 Å². The largest absolute Gasteiger partial charge is 0.468 e. The highest BCUT2D eigenvalue weighted by molar-refractivity contribution is 7.81. The number of carbonyl (C=O) groups excluding carboxylic acids is 1. The first-order valence-electron chi connectivity index (χ1n) is 5.36. The van der Waals surface area contributed by atoms with Gasteiger partial charge in [-0.25, -0.2) is 4.21 Å². The molecule has 0 bridgehead atoms. The van der Waals surface area contributed by atoms with Crippen LogP contribution in [-0.2, 0) is 30.1 Å². The topological polar surface area (TPSA) is 82.1 Å². The van der Waals surface area contributed by atoms with Gasteiger partial charge in [-0.05, 0) is 13.8 Å². The molecule has 1 aliphatic heterocycles. The summed E-state index contributed by atoms with van der Waals surface area (Å²) in [5.74, 6) is -1.38. The van der Waals surface area contributed by atoms with E-state index in [2.05, 4.69) is 4.74 Å². The monoisotopic (exact) mass is 264 g/mol. The molecule has 17 heavy (non-hydrogen) atoms. The molecule has 3 unspecified atom stereocenters. The van der Waals surface area contributed by atoms with Crippen molar-refractivity contribution >= 4 is 17.0 Å². The van der Waals surface area contributed by atoms with E-state index in [4.69, 9.17) is 9.47 Å². The molecule has 0 spiro atoms. The van der Waals surface area contributed by atoms with E-state index in [0.29, 0.717) is 0 Å². The van der Waals surface area contributed by atoms with Crippen LogP contribution in [0.15, 0.2) is 0 Å². The van der Waals surface area contributed by atoms with Crippen LogP contribution < -0.4 is 0 Å². The first kappa shape index (κ1) is 12.9. The number of esters is 1. The average Bonchev–Trinajstić information content (AvgIpc) is 2.67. The van der Waals surface area contributed by atoms with E-state index in [1.165, 1.54) is 7.11 Å². The van der Waals surface area contributed by atoms with Gasteiger partial charge >= 0.3 is 5.97 Å². The molecule has 3 atom stereocenters. The Morgan fingerprint density at radius 2 is 1.82 bits per heavy atom. The summed E-state index contributed by atoms with van der Waals surface area (Å²) in [5, 5.41) is 0. The summed E-state index contributed by atoms with van der Waals surface area (Å²) in [7, 11) is 1.21. The molecule has 1 aliphatic carbocycles. The smallest absolute Gasteiger partial charge is 0.327 e. The Labute approximate surface area is 102 Å². The van der Waals surface area contributed by atoms with Gasteiger partial charge in [0.05, 0.1) is 19.3 Å². The summed E-state index contributed by atoms with van der Waals surface area (Å²) in [6, 6.07) is 0. The first-order chi connectivity index (χ1) is 7.81. The van der Waals surface area contributed by atoms with Gasteiger partial charge in [-0.3, -0.25) is 4.79 Å². The summed E-state index contributed by atoms with van der Waals surface area (Å²) >= 11 is -2.30. The van der Waals surface area contributed by atoms with Crippen molar-refractivity contribution in [3.05, 3.63) is 0 Å². The Balaban J connectivity index is 2.21. The number of ether oxygens (including phenoxy) is 3. The lowest BCUT2D eigenvalue weighted by atomic mass is 10.1. The highest BCUT2D eigenvalue weighted by Crippen LogP contribution is 2.45. The lowest BCUT2D eigenvalue weighted by Gasteiger charge is -2.25. The van der Waals surface area contributed by atoms with Crippen LogP contribution in [0, 0.1) is 0 Å². The molecule has 0 amide bonds. The third-order valence-electron chi connectivity index (χ3n) is 3.24. The highest BCUT2D eigenvalue weighted by Gasteiger charge is 2.61. The molecule has 1 heterocycles. The van der Waals surface area contributed by atoms with Crippen molar-refractivity contribution in [2.75, 3.05) is 7.11 Å². The van der Waals surface area contributed by atoms with Crippen LogP contribution in [0.1, 0.15) is 26.7 Å². The van der Waals surface area contributed by atoms with Crippen molar-refractivity contribution in [2.45, 2.75) is 49.4 Å². The average molecular weight is 264 g/mol. The molecule has 1 saturated carbocycles. The fraction of sp³-hybridized carbons (Fsp3) is 0.900. The Bertz CT molecular complexity index is 350. The van der Waals surface area contributed by atoms with Gasteiger partial charge < -0.3 is 18.8 Å². The van der Waals surface area contributed by atoms with Crippen LogP contribution in [0.25, 0.3) is 0 Å². The normalized spacial score (nSPS) is 40.9. The van der Waals surface area contributed by atoms with Gasteiger partial charge in [0, 0.05) is 12.8 Å². The Morgan fingerprint density at radius 1 is 1.35 bits per heavy atom. The number of rotatable bonds is 2. The molecule has 2 aliphatic rings. The predicted molar refractivity (Wildman–Crippen MR) is 58.6 cm³/mol. The van der Waals surface area contributed by atoms with Crippen LogP contribution in [0.2, 0.25) is 0 Å². The van der Waals surface area contributed by atoms with Crippen LogP contribution in [0.4, 0.5) is 0 Å². The molecule has 0 aromatic rings. The van der Waals surface area contributed by atoms with E-state index in [1.54, 1.807) is 13.8 Å². The molecule has 98 valence electrons. The van der Waals surface area contributed by atoms with Crippen molar-refractivity contribution in [3.8, 4) is 0 Å². The molecule has 2 fully saturated rings. The van der Waals surface area contributed by atoms with Crippen LogP contribution in [0.5, 0.6) is 0 Å². The van der Waals surface area contributed by atoms with Gasteiger partial charge in [-0.1, -0.05) is 0 Å². The van der Waals surface area contributed by atoms with E-state index in [9.17, 15) is 13.6 Å². The maximum Gasteiger partial charge on any atom is 0.327 e. The highest BCUT2D eigenvalue weighted by atomic mass is 32.2. The van der Waals surface area contributed by atoms with Gasteiger partial charge in [-0.15, -0.1) is 0 Å². The summed E-state index contributed by atoms with van der Waals surface area (Å²) in [5.41, 5.74) is 0. The van der Waals surface area contributed by atoms with E-state index in [1.807, 2.05) is 0 Å². The van der Waals surface area contributed by atoms with E-state index >= 15 is 0 Å². The summed E-state index contributed by atoms with van der Waals surface area (Å²) in [4.78, 5) is 11.7. The fourth-order valence-electron chi connectivity index (χ4n) is 2.55. The molecule has 7 heteroatoms. The zero-order valence-electron chi connectivity index (χ0n) is 9.97. The van der Waals surface area contributed by atoms with Crippen molar-refractivity contribution in [2.24, 2.45) is 0 Å². The number of hydrogen-bond donors (Lipinski definition) is 1. The fourth-order valence-corrected chi connectivity index (χ4v) is 3.39. The molecule has 2 rings (SSSR count). The minimum absolute atomic E-state index is 0.150. The second kappa shape index (κ2) is 4.01. The predicted octanol–water partition coefficient (Wildman–Crippen LogP) is 0.434. The molecular weight excluding hydrogens is 248 g/mol. The van der Waals surface area contributed by atoms with Gasteiger partial charge in [0.1, 0.15) is 0 Å². The summed E-state index contributed by atoms with van der Waals surface area (Å²) < 4.78 is 35.2. The Morgan fingerprint density at radius 3 is 2.18 bits per heavy atom. The number of fused-ring (bicyclic) bond motifs is 1. The van der Waals surface area contributed by atoms with Crippen molar-refractivity contribution in [3.63, 3.8) is 0 Å². The Hall–Kier alpha value is -0.500. The standard InChI is InChI=1S/C10H16O6S/c1-9(2)15-6-4-10(17(12)13,8(11)14-3)5-7(6)16-9/h6-7H,4-5H2,1-3H3,(H,12,13). The third kappa shape index (κ3) is 2.01. The van der Waals surface area contributed by atoms with Crippen molar-refractivity contribution in [1.82, 2.24) is 0 Å². The maximum absolute atomic E-state index is 11.7.